The molecule has 0 spiro atoms. The summed E-state index contributed by atoms with van der Waals surface area (Å²) in [5.41, 5.74) is 1.87. The van der Waals surface area contributed by atoms with Crippen LogP contribution in [0.3, 0.4) is 0 Å². The number of amides is 1. The molecule has 24 heavy (non-hydrogen) atoms. The van der Waals surface area contributed by atoms with Crippen molar-refractivity contribution in [1.29, 1.82) is 0 Å². The summed E-state index contributed by atoms with van der Waals surface area (Å²) in [4.78, 5) is 23.3. The summed E-state index contributed by atoms with van der Waals surface area (Å²) in [7, 11) is 0. The molecule has 0 bridgehead atoms. The SMILES string of the molecule is CC(=O)Nc1ccc(OC(=O)c2oc3ccc(Cl)cc3c2C)cc1. The van der Waals surface area contributed by atoms with E-state index in [1.54, 1.807) is 49.4 Å². The maximum atomic E-state index is 12.3. The molecular weight excluding hydrogens is 330 g/mol. The molecule has 0 saturated carbocycles. The van der Waals surface area contributed by atoms with Gasteiger partial charge >= 0.3 is 5.97 Å². The standard InChI is InChI=1S/C18H14ClNO4/c1-10-15-9-12(19)3-8-16(15)24-17(10)18(22)23-14-6-4-13(5-7-14)20-11(2)21/h3-9H,1-2H3,(H,20,21). The lowest BCUT2D eigenvalue weighted by molar-refractivity contribution is -0.114. The molecular formula is C18H14ClNO4. The fourth-order valence-electron chi connectivity index (χ4n) is 2.35. The molecule has 0 aliphatic heterocycles. The van der Waals surface area contributed by atoms with Gasteiger partial charge in [0, 0.05) is 28.6 Å². The molecule has 1 N–H and O–H groups in total. The molecule has 3 rings (SSSR count). The molecule has 0 saturated heterocycles. The van der Waals surface area contributed by atoms with Crippen LogP contribution in [0.4, 0.5) is 5.69 Å². The van der Waals surface area contributed by atoms with E-state index >= 15 is 0 Å². The van der Waals surface area contributed by atoms with Crippen molar-refractivity contribution in [2.45, 2.75) is 13.8 Å². The third-order valence-electron chi connectivity index (χ3n) is 3.47. The Balaban J connectivity index is 1.82. The summed E-state index contributed by atoms with van der Waals surface area (Å²) in [6.07, 6.45) is 0. The molecule has 0 fully saturated rings. The molecule has 1 heterocycles. The fourth-order valence-corrected chi connectivity index (χ4v) is 2.52. The second kappa shape index (κ2) is 6.37. The van der Waals surface area contributed by atoms with Crippen LogP contribution in [-0.4, -0.2) is 11.9 Å². The van der Waals surface area contributed by atoms with E-state index in [2.05, 4.69) is 5.32 Å². The topological polar surface area (TPSA) is 68.5 Å². The molecule has 122 valence electrons. The Labute approximate surface area is 143 Å². The van der Waals surface area contributed by atoms with Gasteiger partial charge in [0.2, 0.25) is 11.7 Å². The predicted octanol–water partition coefficient (Wildman–Crippen LogP) is 4.57. The Morgan fingerprint density at radius 1 is 1.12 bits per heavy atom. The number of fused-ring (bicyclic) bond motifs is 1. The molecule has 0 aliphatic carbocycles. The molecule has 6 heteroatoms. The second-order valence-electron chi connectivity index (χ2n) is 5.29. The van der Waals surface area contributed by atoms with E-state index in [1.807, 2.05) is 0 Å². The van der Waals surface area contributed by atoms with Gasteiger partial charge in [-0.05, 0) is 49.4 Å². The van der Waals surface area contributed by atoms with Gasteiger partial charge in [-0.1, -0.05) is 11.6 Å². The van der Waals surface area contributed by atoms with Crippen molar-refractivity contribution in [2.75, 3.05) is 5.32 Å². The van der Waals surface area contributed by atoms with Gasteiger partial charge in [0.1, 0.15) is 11.3 Å². The summed E-state index contributed by atoms with van der Waals surface area (Å²) >= 11 is 5.97. The first-order valence-electron chi connectivity index (χ1n) is 7.22. The fraction of sp³-hybridized carbons (Fsp3) is 0.111. The number of benzene rings is 2. The van der Waals surface area contributed by atoms with Crippen LogP contribution in [0, 0.1) is 6.92 Å². The average molecular weight is 344 g/mol. The van der Waals surface area contributed by atoms with E-state index in [0.29, 0.717) is 27.6 Å². The van der Waals surface area contributed by atoms with Crippen molar-refractivity contribution in [3.63, 3.8) is 0 Å². The van der Waals surface area contributed by atoms with E-state index in [-0.39, 0.29) is 11.7 Å². The van der Waals surface area contributed by atoms with E-state index in [9.17, 15) is 9.59 Å². The lowest BCUT2D eigenvalue weighted by Crippen LogP contribution is -2.09. The number of carbonyl (C=O) groups is 2. The summed E-state index contributed by atoms with van der Waals surface area (Å²) < 4.78 is 10.9. The van der Waals surface area contributed by atoms with E-state index in [4.69, 9.17) is 20.8 Å². The van der Waals surface area contributed by atoms with Crippen LogP contribution in [0.1, 0.15) is 23.0 Å². The van der Waals surface area contributed by atoms with Gasteiger partial charge in [0.05, 0.1) is 0 Å². The zero-order valence-corrected chi connectivity index (χ0v) is 13.8. The monoisotopic (exact) mass is 343 g/mol. The summed E-state index contributed by atoms with van der Waals surface area (Å²) in [6, 6.07) is 11.6. The molecule has 1 aromatic heterocycles. The van der Waals surface area contributed by atoms with Crippen molar-refractivity contribution in [3.8, 4) is 5.75 Å². The first-order valence-corrected chi connectivity index (χ1v) is 7.60. The number of anilines is 1. The smallest absolute Gasteiger partial charge is 0.379 e. The molecule has 2 aromatic carbocycles. The van der Waals surface area contributed by atoms with Crippen LogP contribution in [0.5, 0.6) is 5.75 Å². The second-order valence-corrected chi connectivity index (χ2v) is 5.73. The third-order valence-corrected chi connectivity index (χ3v) is 3.70. The van der Waals surface area contributed by atoms with Crippen LogP contribution in [0.15, 0.2) is 46.9 Å². The Bertz CT molecular complexity index is 928. The normalized spacial score (nSPS) is 10.6. The van der Waals surface area contributed by atoms with Gasteiger partial charge < -0.3 is 14.5 Å². The molecule has 1 amide bonds. The van der Waals surface area contributed by atoms with E-state index < -0.39 is 5.97 Å². The Hall–Kier alpha value is -2.79. The minimum atomic E-state index is -0.591. The number of nitrogens with one attached hydrogen (secondary N) is 1. The number of aryl methyl sites for hydroxylation is 1. The number of hydrogen-bond donors (Lipinski definition) is 1. The zero-order chi connectivity index (χ0) is 17.3. The molecule has 3 aromatic rings. The van der Waals surface area contributed by atoms with Crippen LogP contribution in [-0.2, 0) is 4.79 Å². The number of rotatable bonds is 3. The van der Waals surface area contributed by atoms with Crippen molar-refractivity contribution in [3.05, 3.63) is 58.8 Å². The van der Waals surface area contributed by atoms with Crippen molar-refractivity contribution >= 4 is 40.1 Å². The van der Waals surface area contributed by atoms with Crippen molar-refractivity contribution in [2.24, 2.45) is 0 Å². The van der Waals surface area contributed by atoms with E-state index in [1.165, 1.54) is 6.92 Å². The highest BCUT2D eigenvalue weighted by atomic mass is 35.5. The Morgan fingerprint density at radius 2 is 1.83 bits per heavy atom. The molecule has 0 radical (unpaired) electrons. The summed E-state index contributed by atoms with van der Waals surface area (Å²) in [6.45, 7) is 3.20. The number of ether oxygens (including phenoxy) is 1. The van der Waals surface area contributed by atoms with Gasteiger partial charge in [-0.25, -0.2) is 4.79 Å². The third kappa shape index (κ3) is 3.26. The lowest BCUT2D eigenvalue weighted by Gasteiger charge is -2.05. The quantitative estimate of drug-likeness (QED) is 0.558. The van der Waals surface area contributed by atoms with Crippen LogP contribution in [0.2, 0.25) is 5.02 Å². The van der Waals surface area contributed by atoms with Crippen LogP contribution in [0.25, 0.3) is 11.0 Å². The summed E-state index contributed by atoms with van der Waals surface area (Å²) in [5, 5.41) is 3.98. The maximum absolute atomic E-state index is 12.3. The molecule has 0 atom stereocenters. The van der Waals surface area contributed by atoms with Gasteiger partial charge in [-0.2, -0.15) is 0 Å². The molecule has 0 aliphatic rings. The van der Waals surface area contributed by atoms with E-state index in [0.717, 1.165) is 5.39 Å². The first kappa shape index (κ1) is 16.1. The Morgan fingerprint density at radius 3 is 2.50 bits per heavy atom. The highest BCUT2D eigenvalue weighted by Gasteiger charge is 2.20. The maximum Gasteiger partial charge on any atom is 0.379 e. The number of furan rings is 1. The lowest BCUT2D eigenvalue weighted by atomic mass is 10.1. The van der Waals surface area contributed by atoms with Gasteiger partial charge in [0.15, 0.2) is 0 Å². The van der Waals surface area contributed by atoms with Crippen molar-refractivity contribution < 1.29 is 18.7 Å². The summed E-state index contributed by atoms with van der Waals surface area (Å²) in [5.74, 6) is -0.270. The molecule has 0 unspecified atom stereocenters. The van der Waals surface area contributed by atoms with Gasteiger partial charge in [0.25, 0.3) is 0 Å². The highest BCUT2D eigenvalue weighted by molar-refractivity contribution is 6.31. The average Bonchev–Trinajstić information content (AvgIpc) is 2.86. The Kier molecular flexibility index (Phi) is 4.27. The van der Waals surface area contributed by atoms with Crippen LogP contribution >= 0.6 is 11.6 Å². The number of hydrogen-bond acceptors (Lipinski definition) is 4. The highest BCUT2D eigenvalue weighted by Crippen LogP contribution is 2.28. The first-order chi connectivity index (χ1) is 11.4. The number of halogens is 1. The predicted molar refractivity (Wildman–Crippen MR) is 91.7 cm³/mol. The zero-order valence-electron chi connectivity index (χ0n) is 13.1. The molecule has 5 nitrogen and oxygen atoms in total. The van der Waals surface area contributed by atoms with Crippen molar-refractivity contribution in [1.82, 2.24) is 0 Å². The van der Waals surface area contributed by atoms with Crippen LogP contribution < -0.4 is 10.1 Å². The van der Waals surface area contributed by atoms with Gasteiger partial charge in [-0.15, -0.1) is 0 Å². The number of carbonyl (C=O) groups excluding carboxylic acids is 2. The van der Waals surface area contributed by atoms with Gasteiger partial charge in [-0.3, -0.25) is 4.79 Å². The largest absolute Gasteiger partial charge is 0.449 e. The minimum absolute atomic E-state index is 0.137. The number of esters is 1. The minimum Gasteiger partial charge on any atom is -0.449 e.